The molecule has 1 unspecified atom stereocenters. The summed E-state index contributed by atoms with van der Waals surface area (Å²) >= 11 is 3.58. The molecule has 4 heteroatoms. The zero-order valence-corrected chi connectivity index (χ0v) is 13.0. The molecule has 1 aromatic rings. The van der Waals surface area contributed by atoms with Crippen molar-refractivity contribution in [1.82, 2.24) is 9.78 Å². The molecule has 0 aliphatic carbocycles. The summed E-state index contributed by atoms with van der Waals surface area (Å²) in [5.41, 5.74) is 2.17. The molecular formula is C13H23BrN2O. The quantitative estimate of drug-likeness (QED) is 0.796. The third-order valence-electron chi connectivity index (χ3n) is 2.76. The number of hydrogen-bond donors (Lipinski definition) is 0. The van der Waals surface area contributed by atoms with E-state index in [2.05, 4.69) is 48.7 Å². The van der Waals surface area contributed by atoms with Gasteiger partial charge in [-0.25, -0.2) is 0 Å². The average molecular weight is 303 g/mol. The Morgan fingerprint density at radius 3 is 2.53 bits per heavy atom. The standard InChI is InChI=1S/C13H23BrN2O/c1-6-16-12(13(14)11(5)15-16)8-17-10(4)7-9(2)3/h9-10H,6-8H2,1-5H3. The van der Waals surface area contributed by atoms with Gasteiger partial charge in [-0.3, -0.25) is 4.68 Å². The Hall–Kier alpha value is -0.350. The summed E-state index contributed by atoms with van der Waals surface area (Å²) in [6.45, 7) is 12.2. The molecule has 3 nitrogen and oxygen atoms in total. The maximum absolute atomic E-state index is 5.88. The SMILES string of the molecule is CCn1nc(C)c(Br)c1COC(C)CC(C)C. The summed E-state index contributed by atoms with van der Waals surface area (Å²) in [5, 5.41) is 4.46. The van der Waals surface area contributed by atoms with Gasteiger partial charge in [0.2, 0.25) is 0 Å². The lowest BCUT2D eigenvalue weighted by Crippen LogP contribution is -2.13. The van der Waals surface area contributed by atoms with Gasteiger partial charge in [-0.15, -0.1) is 0 Å². The highest BCUT2D eigenvalue weighted by Gasteiger charge is 2.13. The zero-order valence-electron chi connectivity index (χ0n) is 11.5. The Morgan fingerprint density at radius 1 is 1.35 bits per heavy atom. The minimum Gasteiger partial charge on any atom is -0.372 e. The lowest BCUT2D eigenvalue weighted by molar-refractivity contribution is 0.0356. The topological polar surface area (TPSA) is 27.1 Å². The fraction of sp³-hybridized carbons (Fsp3) is 0.769. The van der Waals surface area contributed by atoms with Crippen LogP contribution in [0.5, 0.6) is 0 Å². The average Bonchev–Trinajstić information content (AvgIpc) is 2.51. The molecule has 1 atom stereocenters. The fourth-order valence-electron chi connectivity index (χ4n) is 1.96. The molecule has 0 amide bonds. The van der Waals surface area contributed by atoms with Crippen molar-refractivity contribution in [3.63, 3.8) is 0 Å². The van der Waals surface area contributed by atoms with Crippen LogP contribution in [0.3, 0.4) is 0 Å². The molecule has 1 rings (SSSR count). The van der Waals surface area contributed by atoms with Crippen molar-refractivity contribution in [3.8, 4) is 0 Å². The first kappa shape index (κ1) is 14.7. The highest BCUT2D eigenvalue weighted by molar-refractivity contribution is 9.10. The van der Waals surface area contributed by atoms with Crippen LogP contribution in [0.25, 0.3) is 0 Å². The molecule has 0 aromatic carbocycles. The minimum atomic E-state index is 0.294. The van der Waals surface area contributed by atoms with Crippen LogP contribution >= 0.6 is 15.9 Å². The predicted octanol–water partition coefficient (Wildman–Crippen LogP) is 3.93. The van der Waals surface area contributed by atoms with E-state index < -0.39 is 0 Å². The van der Waals surface area contributed by atoms with Gasteiger partial charge in [0.1, 0.15) is 0 Å². The van der Waals surface area contributed by atoms with Gasteiger partial charge in [-0.2, -0.15) is 5.10 Å². The van der Waals surface area contributed by atoms with Crippen molar-refractivity contribution in [3.05, 3.63) is 15.9 Å². The van der Waals surface area contributed by atoms with Crippen molar-refractivity contribution < 1.29 is 4.74 Å². The van der Waals surface area contributed by atoms with E-state index in [9.17, 15) is 0 Å². The van der Waals surface area contributed by atoms with Crippen molar-refractivity contribution in [2.75, 3.05) is 0 Å². The van der Waals surface area contributed by atoms with Gasteiger partial charge < -0.3 is 4.74 Å². The third kappa shape index (κ3) is 4.11. The molecule has 0 bridgehead atoms. The summed E-state index contributed by atoms with van der Waals surface area (Å²) < 4.78 is 8.97. The molecule has 17 heavy (non-hydrogen) atoms. The number of hydrogen-bond acceptors (Lipinski definition) is 2. The number of aromatic nitrogens is 2. The van der Waals surface area contributed by atoms with Crippen molar-refractivity contribution >= 4 is 15.9 Å². The van der Waals surface area contributed by atoms with E-state index in [0.29, 0.717) is 18.6 Å². The number of rotatable bonds is 6. The number of nitrogens with zero attached hydrogens (tertiary/aromatic N) is 2. The van der Waals surface area contributed by atoms with Crippen LogP contribution in [0.15, 0.2) is 4.47 Å². The largest absolute Gasteiger partial charge is 0.372 e. The molecule has 1 aromatic heterocycles. The van der Waals surface area contributed by atoms with Gasteiger partial charge in [-0.05, 0) is 49.0 Å². The summed E-state index contributed by atoms with van der Waals surface area (Å²) in [6.07, 6.45) is 1.39. The third-order valence-corrected chi connectivity index (χ3v) is 3.79. The Balaban J connectivity index is 2.62. The van der Waals surface area contributed by atoms with Gasteiger partial charge in [0.05, 0.1) is 28.6 Å². The first-order valence-corrected chi connectivity index (χ1v) is 7.08. The van der Waals surface area contributed by atoms with Gasteiger partial charge in [0.15, 0.2) is 0 Å². The van der Waals surface area contributed by atoms with E-state index in [4.69, 9.17) is 4.74 Å². The van der Waals surface area contributed by atoms with Gasteiger partial charge in [-0.1, -0.05) is 13.8 Å². The second-order valence-corrected chi connectivity index (χ2v) is 5.71. The van der Waals surface area contributed by atoms with Gasteiger partial charge >= 0.3 is 0 Å². The van der Waals surface area contributed by atoms with E-state index in [-0.39, 0.29) is 0 Å². The second kappa shape index (κ2) is 6.55. The first-order valence-electron chi connectivity index (χ1n) is 6.29. The molecule has 0 saturated heterocycles. The maximum atomic E-state index is 5.88. The summed E-state index contributed by atoms with van der Waals surface area (Å²) in [6, 6.07) is 0. The summed E-state index contributed by atoms with van der Waals surface area (Å²) in [5.74, 6) is 0.672. The minimum absolute atomic E-state index is 0.294. The normalized spacial score (nSPS) is 13.4. The predicted molar refractivity (Wildman–Crippen MR) is 74.0 cm³/mol. The Bertz CT molecular complexity index is 361. The Morgan fingerprint density at radius 2 is 2.00 bits per heavy atom. The Labute approximate surface area is 113 Å². The maximum Gasteiger partial charge on any atom is 0.0899 e. The van der Waals surface area contributed by atoms with Crippen LogP contribution in [0.4, 0.5) is 0 Å². The van der Waals surface area contributed by atoms with E-state index >= 15 is 0 Å². The number of ether oxygens (including phenoxy) is 1. The first-order chi connectivity index (χ1) is 7.95. The molecule has 0 aliphatic rings. The molecule has 98 valence electrons. The van der Waals surface area contributed by atoms with E-state index in [0.717, 1.165) is 28.8 Å². The van der Waals surface area contributed by atoms with Crippen LogP contribution < -0.4 is 0 Å². The molecule has 0 N–H and O–H groups in total. The molecule has 0 aliphatic heterocycles. The van der Waals surface area contributed by atoms with Crippen LogP contribution in [0.1, 0.15) is 45.5 Å². The van der Waals surface area contributed by atoms with Gasteiger partial charge in [0, 0.05) is 6.54 Å². The lowest BCUT2D eigenvalue weighted by Gasteiger charge is -2.15. The van der Waals surface area contributed by atoms with E-state index in [1.165, 1.54) is 0 Å². The Kier molecular flexibility index (Phi) is 5.67. The van der Waals surface area contributed by atoms with Crippen LogP contribution in [0, 0.1) is 12.8 Å². The highest BCUT2D eigenvalue weighted by Crippen LogP contribution is 2.22. The van der Waals surface area contributed by atoms with E-state index in [1.54, 1.807) is 0 Å². The lowest BCUT2D eigenvalue weighted by atomic mass is 10.1. The zero-order chi connectivity index (χ0) is 13.0. The second-order valence-electron chi connectivity index (χ2n) is 4.91. The fourth-order valence-corrected chi connectivity index (χ4v) is 2.36. The smallest absolute Gasteiger partial charge is 0.0899 e. The highest BCUT2D eigenvalue weighted by atomic mass is 79.9. The van der Waals surface area contributed by atoms with Gasteiger partial charge in [0.25, 0.3) is 0 Å². The van der Waals surface area contributed by atoms with Crippen molar-refractivity contribution in [2.24, 2.45) is 5.92 Å². The summed E-state index contributed by atoms with van der Waals surface area (Å²) in [7, 11) is 0. The number of aryl methyl sites for hydroxylation is 2. The van der Waals surface area contributed by atoms with Crippen molar-refractivity contribution in [2.45, 2.75) is 60.3 Å². The summed E-state index contributed by atoms with van der Waals surface area (Å²) in [4.78, 5) is 0. The molecule has 1 heterocycles. The van der Waals surface area contributed by atoms with Crippen LogP contribution in [-0.4, -0.2) is 15.9 Å². The van der Waals surface area contributed by atoms with Crippen LogP contribution in [-0.2, 0) is 17.9 Å². The molecular weight excluding hydrogens is 280 g/mol. The molecule has 0 fully saturated rings. The monoisotopic (exact) mass is 302 g/mol. The van der Waals surface area contributed by atoms with Crippen LogP contribution in [0.2, 0.25) is 0 Å². The molecule has 0 saturated carbocycles. The van der Waals surface area contributed by atoms with Crippen molar-refractivity contribution in [1.29, 1.82) is 0 Å². The molecule has 0 radical (unpaired) electrons. The van der Waals surface area contributed by atoms with E-state index in [1.807, 2.05) is 11.6 Å². The number of halogens is 1. The molecule has 0 spiro atoms.